The van der Waals surface area contributed by atoms with Crippen molar-refractivity contribution >= 4 is 37.5 Å². The molecule has 0 aliphatic carbocycles. The molecule has 100 valence electrons. The lowest BCUT2D eigenvalue weighted by molar-refractivity contribution is 0.262. The van der Waals surface area contributed by atoms with E-state index in [0.717, 1.165) is 22.3 Å². The standard InChI is InChI=1S/C12H16BrNO2S2/c1-18(15,16)12-9-17-7-6-14(12)8-10-4-2-3-5-11(10)13/h2-5,12H,6-9H2,1H3. The average Bonchev–Trinajstić information content (AvgIpc) is 2.31. The molecule has 1 saturated heterocycles. The molecule has 0 amide bonds. The normalized spacial score (nSPS) is 22.0. The molecule has 1 aromatic rings. The molecule has 1 aromatic carbocycles. The molecule has 18 heavy (non-hydrogen) atoms. The Hall–Kier alpha value is -0.0400. The van der Waals surface area contributed by atoms with Crippen molar-refractivity contribution < 1.29 is 8.42 Å². The summed E-state index contributed by atoms with van der Waals surface area (Å²) in [7, 11) is -3.02. The first-order valence-electron chi connectivity index (χ1n) is 5.72. The zero-order chi connectivity index (χ0) is 13.2. The van der Waals surface area contributed by atoms with Crippen molar-refractivity contribution in [2.24, 2.45) is 0 Å². The average molecular weight is 350 g/mol. The number of hydrogen-bond acceptors (Lipinski definition) is 4. The largest absolute Gasteiger partial charge is 0.281 e. The molecule has 0 saturated carbocycles. The molecular formula is C12H16BrNO2S2. The van der Waals surface area contributed by atoms with E-state index in [0.29, 0.717) is 12.3 Å². The van der Waals surface area contributed by atoms with Gasteiger partial charge in [0.15, 0.2) is 9.84 Å². The summed E-state index contributed by atoms with van der Waals surface area (Å²) in [6.07, 6.45) is 1.33. The van der Waals surface area contributed by atoms with Crippen LogP contribution in [0.1, 0.15) is 5.56 Å². The van der Waals surface area contributed by atoms with E-state index in [1.807, 2.05) is 24.3 Å². The lowest BCUT2D eigenvalue weighted by Crippen LogP contribution is -2.46. The molecule has 1 aliphatic rings. The smallest absolute Gasteiger partial charge is 0.164 e. The minimum atomic E-state index is -3.02. The van der Waals surface area contributed by atoms with Gasteiger partial charge in [-0.2, -0.15) is 11.8 Å². The van der Waals surface area contributed by atoms with Crippen LogP contribution >= 0.6 is 27.7 Å². The summed E-state index contributed by atoms with van der Waals surface area (Å²) in [6.45, 7) is 1.50. The van der Waals surface area contributed by atoms with Crippen LogP contribution in [0, 0.1) is 0 Å². The second-order valence-corrected chi connectivity index (χ2v) is 8.63. The molecule has 0 bridgehead atoms. The quantitative estimate of drug-likeness (QED) is 0.839. The van der Waals surface area contributed by atoms with Gasteiger partial charge in [0.2, 0.25) is 0 Å². The van der Waals surface area contributed by atoms with E-state index in [-0.39, 0.29) is 5.37 Å². The molecule has 3 nitrogen and oxygen atoms in total. The van der Waals surface area contributed by atoms with Gasteiger partial charge in [-0.25, -0.2) is 8.42 Å². The van der Waals surface area contributed by atoms with Crippen LogP contribution in [0.3, 0.4) is 0 Å². The summed E-state index contributed by atoms with van der Waals surface area (Å²) in [5, 5.41) is -0.358. The Bertz CT molecular complexity index is 519. The van der Waals surface area contributed by atoms with Crippen molar-refractivity contribution in [1.29, 1.82) is 0 Å². The number of sulfone groups is 1. The maximum absolute atomic E-state index is 11.8. The van der Waals surface area contributed by atoms with Crippen LogP contribution in [-0.4, -0.2) is 43.0 Å². The predicted octanol–water partition coefficient (Wildman–Crippen LogP) is 2.37. The second-order valence-electron chi connectivity index (χ2n) is 4.42. The molecule has 1 unspecified atom stereocenters. The van der Waals surface area contributed by atoms with Gasteiger partial charge in [0.1, 0.15) is 5.37 Å². The minimum Gasteiger partial charge on any atom is -0.281 e. The third kappa shape index (κ3) is 3.50. The van der Waals surface area contributed by atoms with Crippen LogP contribution in [-0.2, 0) is 16.4 Å². The van der Waals surface area contributed by atoms with Crippen molar-refractivity contribution in [2.75, 3.05) is 24.3 Å². The highest BCUT2D eigenvalue weighted by molar-refractivity contribution is 9.10. The fourth-order valence-electron chi connectivity index (χ4n) is 2.04. The van der Waals surface area contributed by atoms with Crippen molar-refractivity contribution in [2.45, 2.75) is 11.9 Å². The Morgan fingerprint density at radius 1 is 1.44 bits per heavy atom. The Morgan fingerprint density at radius 3 is 2.83 bits per heavy atom. The highest BCUT2D eigenvalue weighted by Gasteiger charge is 2.30. The zero-order valence-corrected chi connectivity index (χ0v) is 13.4. The monoisotopic (exact) mass is 349 g/mol. The number of benzene rings is 1. The van der Waals surface area contributed by atoms with Gasteiger partial charge in [0.25, 0.3) is 0 Å². The molecule has 2 rings (SSSR count). The van der Waals surface area contributed by atoms with Crippen molar-refractivity contribution in [3.8, 4) is 0 Å². The number of thioether (sulfide) groups is 1. The Kier molecular flexibility index (Phi) is 4.75. The van der Waals surface area contributed by atoms with E-state index in [2.05, 4.69) is 20.8 Å². The number of halogens is 1. The van der Waals surface area contributed by atoms with Crippen LogP contribution in [0.5, 0.6) is 0 Å². The van der Waals surface area contributed by atoms with Gasteiger partial charge in [-0.3, -0.25) is 4.90 Å². The number of hydrogen-bond donors (Lipinski definition) is 0. The maximum atomic E-state index is 11.8. The van der Waals surface area contributed by atoms with Gasteiger partial charge >= 0.3 is 0 Å². The molecule has 1 aliphatic heterocycles. The summed E-state index contributed by atoms with van der Waals surface area (Å²) < 4.78 is 24.6. The van der Waals surface area contributed by atoms with Gasteiger partial charge in [0, 0.05) is 35.3 Å². The van der Waals surface area contributed by atoms with Crippen molar-refractivity contribution in [3.63, 3.8) is 0 Å². The maximum Gasteiger partial charge on any atom is 0.164 e. The van der Waals surface area contributed by atoms with Crippen LogP contribution in [0.2, 0.25) is 0 Å². The SMILES string of the molecule is CS(=O)(=O)C1CSCCN1Cc1ccccc1Br. The van der Waals surface area contributed by atoms with E-state index >= 15 is 0 Å². The van der Waals surface area contributed by atoms with E-state index < -0.39 is 9.84 Å². The summed E-state index contributed by atoms with van der Waals surface area (Å²) in [5.74, 6) is 1.67. The molecule has 1 fully saturated rings. The Balaban J connectivity index is 2.18. The Labute approximate surface area is 121 Å². The molecule has 6 heteroatoms. The lowest BCUT2D eigenvalue weighted by atomic mass is 10.2. The van der Waals surface area contributed by atoms with E-state index in [9.17, 15) is 8.42 Å². The van der Waals surface area contributed by atoms with E-state index in [1.54, 1.807) is 11.8 Å². The molecule has 0 radical (unpaired) electrons. The third-order valence-electron chi connectivity index (χ3n) is 3.02. The summed E-state index contributed by atoms with van der Waals surface area (Å²) in [4.78, 5) is 2.06. The molecule has 1 heterocycles. The van der Waals surface area contributed by atoms with Crippen LogP contribution in [0.4, 0.5) is 0 Å². The van der Waals surface area contributed by atoms with Gasteiger partial charge in [-0.05, 0) is 11.6 Å². The third-order valence-corrected chi connectivity index (χ3v) is 6.48. The Morgan fingerprint density at radius 2 is 2.17 bits per heavy atom. The first-order chi connectivity index (χ1) is 8.48. The van der Waals surface area contributed by atoms with Gasteiger partial charge in [0.05, 0.1) is 0 Å². The van der Waals surface area contributed by atoms with Crippen LogP contribution in [0.25, 0.3) is 0 Å². The van der Waals surface area contributed by atoms with Crippen molar-refractivity contribution in [3.05, 3.63) is 34.3 Å². The summed E-state index contributed by atoms with van der Waals surface area (Å²) in [5.41, 5.74) is 1.14. The first kappa shape index (κ1) is 14.4. The summed E-state index contributed by atoms with van der Waals surface area (Å²) >= 11 is 5.23. The molecule has 1 atom stereocenters. The fourth-order valence-corrected chi connectivity index (χ4v) is 5.39. The molecular weight excluding hydrogens is 334 g/mol. The molecule has 0 N–H and O–H groups in total. The highest BCUT2D eigenvalue weighted by Crippen LogP contribution is 2.25. The highest BCUT2D eigenvalue weighted by atomic mass is 79.9. The molecule has 0 aromatic heterocycles. The summed E-state index contributed by atoms with van der Waals surface area (Å²) in [6, 6.07) is 7.97. The predicted molar refractivity (Wildman–Crippen MR) is 80.5 cm³/mol. The zero-order valence-electron chi connectivity index (χ0n) is 10.2. The second kappa shape index (κ2) is 5.94. The van der Waals surface area contributed by atoms with Crippen LogP contribution < -0.4 is 0 Å². The first-order valence-corrected chi connectivity index (χ1v) is 9.63. The number of nitrogens with zero attached hydrogens (tertiary/aromatic N) is 1. The van der Waals surface area contributed by atoms with Crippen molar-refractivity contribution in [1.82, 2.24) is 4.90 Å². The van der Waals surface area contributed by atoms with Gasteiger partial charge < -0.3 is 0 Å². The molecule has 0 spiro atoms. The minimum absolute atomic E-state index is 0.358. The lowest BCUT2D eigenvalue weighted by Gasteiger charge is -2.34. The van der Waals surface area contributed by atoms with Gasteiger partial charge in [-0.15, -0.1) is 0 Å². The number of rotatable bonds is 3. The van der Waals surface area contributed by atoms with Gasteiger partial charge in [-0.1, -0.05) is 34.1 Å². The van der Waals surface area contributed by atoms with Crippen LogP contribution in [0.15, 0.2) is 28.7 Å². The topological polar surface area (TPSA) is 37.4 Å². The fraction of sp³-hybridized carbons (Fsp3) is 0.500. The van der Waals surface area contributed by atoms with E-state index in [4.69, 9.17) is 0 Å². The van der Waals surface area contributed by atoms with E-state index in [1.165, 1.54) is 6.26 Å².